The monoisotopic (exact) mass is 292 g/mol. The maximum Gasteiger partial charge on any atom is 0.243 e. The van der Waals surface area contributed by atoms with Gasteiger partial charge in [0.1, 0.15) is 16.5 Å². The number of halogens is 2. The van der Waals surface area contributed by atoms with Gasteiger partial charge in [-0.2, -0.15) is 0 Å². The Bertz CT molecular complexity index is 545. The fourth-order valence-electron chi connectivity index (χ4n) is 1.71. The van der Waals surface area contributed by atoms with Crippen LogP contribution in [0.5, 0.6) is 0 Å². The quantitative estimate of drug-likeness (QED) is 0.834. The SMILES string of the molecule is O=S(=O)(NCC1CNCCO1)c1cc(F)ccc1F. The lowest BCUT2D eigenvalue weighted by atomic mass is 10.3. The highest BCUT2D eigenvalue weighted by atomic mass is 32.2. The summed E-state index contributed by atoms with van der Waals surface area (Å²) in [6.45, 7) is 1.71. The van der Waals surface area contributed by atoms with E-state index >= 15 is 0 Å². The zero-order chi connectivity index (χ0) is 13.9. The maximum atomic E-state index is 13.4. The van der Waals surface area contributed by atoms with Gasteiger partial charge >= 0.3 is 0 Å². The number of sulfonamides is 1. The van der Waals surface area contributed by atoms with Crippen LogP contribution in [0.15, 0.2) is 23.1 Å². The summed E-state index contributed by atoms with van der Waals surface area (Å²) in [4.78, 5) is -0.698. The van der Waals surface area contributed by atoms with Gasteiger partial charge in [-0.05, 0) is 18.2 Å². The Labute approximate surface area is 110 Å². The molecule has 0 spiro atoms. The van der Waals surface area contributed by atoms with Crippen molar-refractivity contribution in [1.29, 1.82) is 0 Å². The zero-order valence-corrected chi connectivity index (χ0v) is 10.8. The van der Waals surface area contributed by atoms with E-state index in [1.165, 1.54) is 0 Å². The highest BCUT2D eigenvalue weighted by Crippen LogP contribution is 2.15. The first kappa shape index (κ1) is 14.3. The van der Waals surface area contributed by atoms with Crippen molar-refractivity contribution < 1.29 is 21.9 Å². The fraction of sp³-hybridized carbons (Fsp3) is 0.455. The Morgan fingerprint density at radius 1 is 1.42 bits per heavy atom. The van der Waals surface area contributed by atoms with Gasteiger partial charge in [-0.15, -0.1) is 0 Å². The van der Waals surface area contributed by atoms with Gasteiger partial charge in [-0.1, -0.05) is 0 Å². The van der Waals surface area contributed by atoms with Crippen molar-refractivity contribution in [3.05, 3.63) is 29.8 Å². The molecule has 1 heterocycles. The Hall–Kier alpha value is -1.09. The van der Waals surface area contributed by atoms with Crippen LogP contribution in [0.3, 0.4) is 0 Å². The lowest BCUT2D eigenvalue weighted by Crippen LogP contribution is -2.45. The van der Waals surface area contributed by atoms with Crippen LogP contribution in [0.1, 0.15) is 0 Å². The van der Waals surface area contributed by atoms with E-state index < -0.39 is 26.6 Å². The van der Waals surface area contributed by atoms with Gasteiger partial charge in [0.05, 0.1) is 12.7 Å². The number of hydrogen-bond donors (Lipinski definition) is 2. The van der Waals surface area contributed by atoms with E-state index in [2.05, 4.69) is 10.0 Å². The second kappa shape index (κ2) is 5.91. The molecular weight excluding hydrogens is 278 g/mol. The van der Waals surface area contributed by atoms with Crippen LogP contribution in [0.4, 0.5) is 8.78 Å². The van der Waals surface area contributed by atoms with E-state index in [9.17, 15) is 17.2 Å². The molecule has 1 saturated heterocycles. The summed E-state index contributed by atoms with van der Waals surface area (Å²) < 4.78 is 57.6. The predicted molar refractivity (Wildman–Crippen MR) is 64.2 cm³/mol. The topological polar surface area (TPSA) is 67.4 Å². The smallest absolute Gasteiger partial charge is 0.243 e. The predicted octanol–water partition coefficient (Wildman–Crippen LogP) is 0.231. The first-order chi connectivity index (χ1) is 8.99. The molecule has 8 heteroatoms. The molecule has 0 aliphatic carbocycles. The fourth-order valence-corrected chi connectivity index (χ4v) is 2.87. The Morgan fingerprint density at radius 2 is 2.21 bits per heavy atom. The molecule has 1 fully saturated rings. The molecule has 1 aliphatic rings. The molecule has 0 bridgehead atoms. The standard InChI is InChI=1S/C11H14F2N2O3S/c12-8-1-2-10(13)11(5-8)19(16,17)15-7-9-6-14-3-4-18-9/h1-2,5,9,14-15H,3-4,6-7H2. The summed E-state index contributed by atoms with van der Waals surface area (Å²) in [5.41, 5.74) is 0. The summed E-state index contributed by atoms with van der Waals surface area (Å²) in [5, 5.41) is 3.04. The maximum absolute atomic E-state index is 13.4. The van der Waals surface area contributed by atoms with Crippen molar-refractivity contribution in [3.8, 4) is 0 Å². The van der Waals surface area contributed by atoms with Crippen molar-refractivity contribution in [2.45, 2.75) is 11.0 Å². The van der Waals surface area contributed by atoms with Crippen LogP contribution in [0, 0.1) is 11.6 Å². The van der Waals surface area contributed by atoms with Crippen molar-refractivity contribution in [2.75, 3.05) is 26.2 Å². The van der Waals surface area contributed by atoms with Gasteiger partial charge in [-0.3, -0.25) is 0 Å². The van der Waals surface area contributed by atoms with E-state index in [0.29, 0.717) is 25.8 Å². The van der Waals surface area contributed by atoms with E-state index in [1.807, 2.05) is 0 Å². The molecule has 1 aliphatic heterocycles. The molecule has 0 amide bonds. The molecule has 5 nitrogen and oxygen atoms in total. The largest absolute Gasteiger partial charge is 0.374 e. The van der Waals surface area contributed by atoms with Crippen molar-refractivity contribution in [3.63, 3.8) is 0 Å². The van der Waals surface area contributed by atoms with E-state index in [4.69, 9.17) is 4.74 Å². The van der Waals surface area contributed by atoms with Crippen LogP contribution in [-0.4, -0.2) is 40.8 Å². The average Bonchev–Trinajstić information content (AvgIpc) is 2.40. The van der Waals surface area contributed by atoms with Gasteiger partial charge in [-0.25, -0.2) is 21.9 Å². The van der Waals surface area contributed by atoms with Gasteiger partial charge in [0.25, 0.3) is 0 Å². The minimum atomic E-state index is -4.09. The Morgan fingerprint density at radius 3 is 2.89 bits per heavy atom. The second-order valence-electron chi connectivity index (χ2n) is 4.12. The number of ether oxygens (including phenoxy) is 1. The molecule has 1 atom stereocenters. The molecule has 1 aromatic carbocycles. The number of morpholine rings is 1. The van der Waals surface area contributed by atoms with Gasteiger partial charge < -0.3 is 10.1 Å². The summed E-state index contributed by atoms with van der Waals surface area (Å²) in [5.74, 6) is -1.80. The van der Waals surface area contributed by atoms with Crippen LogP contribution in [0.2, 0.25) is 0 Å². The Kier molecular flexibility index (Phi) is 4.46. The molecule has 0 aromatic heterocycles. The van der Waals surface area contributed by atoms with Crippen LogP contribution in [-0.2, 0) is 14.8 Å². The molecule has 1 unspecified atom stereocenters. The van der Waals surface area contributed by atoms with Gasteiger partial charge in [0.2, 0.25) is 10.0 Å². The molecule has 19 heavy (non-hydrogen) atoms. The van der Waals surface area contributed by atoms with E-state index in [-0.39, 0.29) is 12.6 Å². The average molecular weight is 292 g/mol. The molecule has 1 aromatic rings. The number of rotatable bonds is 4. The molecule has 0 radical (unpaired) electrons. The Balaban J connectivity index is 2.07. The third-order valence-electron chi connectivity index (χ3n) is 2.69. The van der Waals surface area contributed by atoms with Crippen molar-refractivity contribution >= 4 is 10.0 Å². The summed E-state index contributed by atoms with van der Waals surface area (Å²) in [6.07, 6.45) is -0.319. The van der Waals surface area contributed by atoms with Crippen LogP contribution < -0.4 is 10.0 Å². The summed E-state index contributed by atoms with van der Waals surface area (Å²) in [6, 6.07) is 2.29. The minimum Gasteiger partial charge on any atom is -0.374 e. The normalized spacial score (nSPS) is 20.4. The van der Waals surface area contributed by atoms with Gasteiger partial charge in [0.15, 0.2) is 0 Å². The number of benzene rings is 1. The summed E-state index contributed by atoms with van der Waals surface area (Å²) >= 11 is 0. The van der Waals surface area contributed by atoms with Crippen LogP contribution >= 0.6 is 0 Å². The third-order valence-corrected chi connectivity index (χ3v) is 4.13. The molecule has 2 N–H and O–H groups in total. The van der Waals surface area contributed by atoms with E-state index in [1.54, 1.807) is 0 Å². The van der Waals surface area contributed by atoms with Crippen molar-refractivity contribution in [2.24, 2.45) is 0 Å². The lowest BCUT2D eigenvalue weighted by molar-refractivity contribution is 0.0324. The first-order valence-corrected chi connectivity index (χ1v) is 7.24. The molecule has 106 valence electrons. The number of nitrogens with one attached hydrogen (secondary N) is 2. The second-order valence-corrected chi connectivity index (χ2v) is 5.86. The third kappa shape index (κ3) is 3.69. The first-order valence-electron chi connectivity index (χ1n) is 5.76. The highest BCUT2D eigenvalue weighted by Gasteiger charge is 2.22. The summed E-state index contributed by atoms with van der Waals surface area (Å²) in [7, 11) is -4.09. The van der Waals surface area contributed by atoms with Gasteiger partial charge in [0, 0.05) is 19.6 Å². The molecule has 2 rings (SSSR count). The molecular formula is C11H14F2N2O3S. The van der Waals surface area contributed by atoms with Crippen LogP contribution in [0.25, 0.3) is 0 Å². The van der Waals surface area contributed by atoms with E-state index in [0.717, 1.165) is 12.1 Å². The highest BCUT2D eigenvalue weighted by molar-refractivity contribution is 7.89. The molecule has 0 saturated carbocycles. The van der Waals surface area contributed by atoms with Crippen molar-refractivity contribution in [1.82, 2.24) is 10.0 Å². The lowest BCUT2D eigenvalue weighted by Gasteiger charge is -2.23. The zero-order valence-electron chi connectivity index (χ0n) is 10.0. The number of hydrogen-bond acceptors (Lipinski definition) is 4. The minimum absolute atomic E-state index is 0.00524.